The lowest BCUT2D eigenvalue weighted by Gasteiger charge is -2.11. The van der Waals surface area contributed by atoms with E-state index >= 15 is 0 Å². The first-order valence-electron chi connectivity index (χ1n) is 6.61. The van der Waals surface area contributed by atoms with Gasteiger partial charge in [-0.05, 0) is 31.4 Å². The minimum Gasteiger partial charge on any atom is -0.327 e. The van der Waals surface area contributed by atoms with E-state index in [1.807, 2.05) is 18.2 Å². The maximum Gasteiger partial charge on any atom is 0.111 e. The van der Waals surface area contributed by atoms with E-state index in [9.17, 15) is 0 Å². The first-order chi connectivity index (χ1) is 8.70. The predicted molar refractivity (Wildman–Crippen MR) is 75.0 cm³/mol. The average Bonchev–Trinajstić information content (AvgIpc) is 3.12. The molecule has 2 aromatic rings. The lowest BCUT2D eigenvalue weighted by atomic mass is 10.1. The molecular formula is C14H18ClN3. The van der Waals surface area contributed by atoms with Gasteiger partial charge in [0.15, 0.2) is 0 Å². The highest BCUT2D eigenvalue weighted by molar-refractivity contribution is 6.35. The summed E-state index contributed by atoms with van der Waals surface area (Å²) in [6, 6.07) is 6.68. The highest BCUT2D eigenvalue weighted by Crippen LogP contribution is 2.40. The van der Waals surface area contributed by atoms with Crippen LogP contribution in [0.1, 0.15) is 38.1 Å². The van der Waals surface area contributed by atoms with Crippen LogP contribution in [0.25, 0.3) is 11.0 Å². The summed E-state index contributed by atoms with van der Waals surface area (Å²) >= 11 is 6.33. The summed E-state index contributed by atoms with van der Waals surface area (Å²) in [5.41, 5.74) is 8.14. The van der Waals surface area contributed by atoms with Gasteiger partial charge in [0.25, 0.3) is 0 Å². The SMILES string of the molecule is CCC(N)Cc1nc2cccc(Cl)c2n1C1CC1. The molecule has 4 heteroatoms. The molecule has 1 aliphatic rings. The fourth-order valence-electron chi connectivity index (χ4n) is 2.40. The van der Waals surface area contributed by atoms with Crippen molar-refractivity contribution in [3.05, 3.63) is 29.0 Å². The topological polar surface area (TPSA) is 43.8 Å². The van der Waals surface area contributed by atoms with Gasteiger partial charge in [-0.1, -0.05) is 24.6 Å². The summed E-state index contributed by atoms with van der Waals surface area (Å²) in [7, 11) is 0. The Morgan fingerprint density at radius 1 is 1.50 bits per heavy atom. The molecule has 1 atom stereocenters. The molecule has 1 saturated carbocycles. The Hall–Kier alpha value is -1.06. The number of halogens is 1. The van der Waals surface area contributed by atoms with E-state index in [0.29, 0.717) is 6.04 Å². The van der Waals surface area contributed by atoms with Crippen molar-refractivity contribution in [2.75, 3.05) is 0 Å². The molecule has 3 rings (SSSR count). The van der Waals surface area contributed by atoms with E-state index in [-0.39, 0.29) is 6.04 Å². The lowest BCUT2D eigenvalue weighted by molar-refractivity contribution is 0.592. The number of fused-ring (bicyclic) bond motifs is 1. The van der Waals surface area contributed by atoms with Crippen LogP contribution in [-0.4, -0.2) is 15.6 Å². The number of nitrogens with two attached hydrogens (primary N) is 1. The standard InChI is InChI=1S/C14H18ClN3/c1-2-9(16)8-13-17-12-5-3-4-11(15)14(12)18(13)10-6-7-10/h3-5,9-10H,2,6-8,16H2,1H3. The molecule has 0 spiro atoms. The van der Waals surface area contributed by atoms with Crippen LogP contribution in [0.4, 0.5) is 0 Å². The van der Waals surface area contributed by atoms with Crippen LogP contribution in [0.15, 0.2) is 18.2 Å². The number of aromatic nitrogens is 2. The molecule has 0 saturated heterocycles. The second-order valence-corrected chi connectivity index (χ2v) is 5.52. The summed E-state index contributed by atoms with van der Waals surface area (Å²) < 4.78 is 2.31. The Morgan fingerprint density at radius 3 is 2.94 bits per heavy atom. The Kier molecular flexibility index (Phi) is 3.04. The van der Waals surface area contributed by atoms with Crippen molar-refractivity contribution < 1.29 is 0 Å². The summed E-state index contributed by atoms with van der Waals surface area (Å²) in [5, 5.41) is 0.795. The predicted octanol–water partition coefficient (Wildman–Crippen LogP) is 3.30. The van der Waals surface area contributed by atoms with Crippen LogP contribution in [0.2, 0.25) is 5.02 Å². The fourth-order valence-corrected chi connectivity index (χ4v) is 2.66. The van der Waals surface area contributed by atoms with Crippen molar-refractivity contribution >= 4 is 22.6 Å². The molecule has 18 heavy (non-hydrogen) atoms. The molecule has 1 aliphatic carbocycles. The lowest BCUT2D eigenvalue weighted by Crippen LogP contribution is -2.23. The molecule has 0 radical (unpaired) electrons. The van der Waals surface area contributed by atoms with Crippen LogP contribution in [-0.2, 0) is 6.42 Å². The van der Waals surface area contributed by atoms with Crippen molar-refractivity contribution in [1.29, 1.82) is 0 Å². The van der Waals surface area contributed by atoms with Crippen LogP contribution in [0.5, 0.6) is 0 Å². The van der Waals surface area contributed by atoms with Gasteiger partial charge in [0.2, 0.25) is 0 Å². The van der Waals surface area contributed by atoms with E-state index in [2.05, 4.69) is 11.5 Å². The van der Waals surface area contributed by atoms with Gasteiger partial charge in [0.05, 0.1) is 16.1 Å². The number of rotatable bonds is 4. The molecule has 1 aromatic carbocycles. The molecule has 96 valence electrons. The zero-order chi connectivity index (χ0) is 12.7. The molecule has 1 fully saturated rings. The van der Waals surface area contributed by atoms with Crippen molar-refractivity contribution in [1.82, 2.24) is 9.55 Å². The molecule has 2 N–H and O–H groups in total. The van der Waals surface area contributed by atoms with Crippen LogP contribution in [0.3, 0.4) is 0 Å². The quantitative estimate of drug-likeness (QED) is 0.920. The Balaban J connectivity index is 2.12. The van der Waals surface area contributed by atoms with E-state index in [1.54, 1.807) is 0 Å². The van der Waals surface area contributed by atoms with Gasteiger partial charge >= 0.3 is 0 Å². The van der Waals surface area contributed by atoms with E-state index in [1.165, 1.54) is 12.8 Å². The Labute approximate surface area is 112 Å². The van der Waals surface area contributed by atoms with E-state index in [0.717, 1.165) is 34.7 Å². The monoisotopic (exact) mass is 263 g/mol. The van der Waals surface area contributed by atoms with Crippen LogP contribution < -0.4 is 5.73 Å². The largest absolute Gasteiger partial charge is 0.327 e. The maximum absolute atomic E-state index is 6.33. The number of imidazole rings is 1. The molecule has 0 bridgehead atoms. The minimum atomic E-state index is 0.179. The summed E-state index contributed by atoms with van der Waals surface area (Å²) in [5.74, 6) is 1.09. The number of hydrogen-bond donors (Lipinski definition) is 1. The Morgan fingerprint density at radius 2 is 2.28 bits per heavy atom. The number of para-hydroxylation sites is 1. The fraction of sp³-hybridized carbons (Fsp3) is 0.500. The average molecular weight is 264 g/mol. The molecular weight excluding hydrogens is 246 g/mol. The van der Waals surface area contributed by atoms with Gasteiger partial charge in [0, 0.05) is 18.5 Å². The molecule has 3 nitrogen and oxygen atoms in total. The van der Waals surface area contributed by atoms with Gasteiger partial charge in [0.1, 0.15) is 5.82 Å². The van der Waals surface area contributed by atoms with Crippen molar-refractivity contribution in [2.24, 2.45) is 5.73 Å². The first kappa shape index (κ1) is 12.0. The van der Waals surface area contributed by atoms with Gasteiger partial charge < -0.3 is 10.3 Å². The van der Waals surface area contributed by atoms with Gasteiger partial charge in [-0.15, -0.1) is 0 Å². The van der Waals surface area contributed by atoms with Gasteiger partial charge in [-0.25, -0.2) is 4.98 Å². The second kappa shape index (κ2) is 4.56. The normalized spacial score (nSPS) is 17.3. The van der Waals surface area contributed by atoms with Gasteiger partial charge in [-0.3, -0.25) is 0 Å². The Bertz CT molecular complexity index is 572. The minimum absolute atomic E-state index is 0.179. The molecule has 1 unspecified atom stereocenters. The molecule has 0 aliphatic heterocycles. The molecule has 1 heterocycles. The highest BCUT2D eigenvalue weighted by atomic mass is 35.5. The summed E-state index contributed by atoms with van der Waals surface area (Å²) in [6.45, 7) is 2.11. The molecule has 0 amide bonds. The van der Waals surface area contributed by atoms with E-state index in [4.69, 9.17) is 22.3 Å². The third-order valence-corrected chi connectivity index (χ3v) is 3.92. The van der Waals surface area contributed by atoms with Crippen molar-refractivity contribution in [3.63, 3.8) is 0 Å². The van der Waals surface area contributed by atoms with Crippen molar-refractivity contribution in [2.45, 2.75) is 44.7 Å². The maximum atomic E-state index is 6.33. The van der Waals surface area contributed by atoms with Gasteiger partial charge in [-0.2, -0.15) is 0 Å². The van der Waals surface area contributed by atoms with Crippen molar-refractivity contribution in [3.8, 4) is 0 Å². The number of nitrogens with zero attached hydrogens (tertiary/aromatic N) is 2. The second-order valence-electron chi connectivity index (χ2n) is 5.11. The zero-order valence-electron chi connectivity index (χ0n) is 10.6. The highest BCUT2D eigenvalue weighted by Gasteiger charge is 2.29. The first-order valence-corrected chi connectivity index (χ1v) is 6.99. The molecule has 1 aromatic heterocycles. The van der Waals surface area contributed by atoms with Crippen LogP contribution >= 0.6 is 11.6 Å². The zero-order valence-corrected chi connectivity index (χ0v) is 11.3. The van der Waals surface area contributed by atoms with E-state index < -0.39 is 0 Å². The number of benzene rings is 1. The summed E-state index contributed by atoms with van der Waals surface area (Å²) in [4.78, 5) is 4.72. The summed E-state index contributed by atoms with van der Waals surface area (Å²) in [6.07, 6.45) is 4.26. The smallest absolute Gasteiger partial charge is 0.111 e. The third kappa shape index (κ3) is 2.02. The third-order valence-electron chi connectivity index (χ3n) is 3.62. The number of hydrogen-bond acceptors (Lipinski definition) is 2. The van der Waals surface area contributed by atoms with Crippen LogP contribution in [0, 0.1) is 0 Å².